The van der Waals surface area contributed by atoms with E-state index >= 15 is 0 Å². The van der Waals surface area contributed by atoms with Crippen molar-refractivity contribution in [2.45, 2.75) is 38.5 Å². The number of aromatic nitrogens is 1. The third-order valence-corrected chi connectivity index (χ3v) is 3.98. The Morgan fingerprint density at radius 3 is 2.79 bits per heavy atom. The lowest BCUT2D eigenvalue weighted by Gasteiger charge is -2.15. The van der Waals surface area contributed by atoms with Gasteiger partial charge in [0.2, 0.25) is 11.4 Å². The average Bonchev–Trinajstić information content (AvgIpc) is 3.24. The minimum absolute atomic E-state index is 0.0296. The van der Waals surface area contributed by atoms with Crippen LogP contribution in [0.2, 0.25) is 0 Å². The molecule has 3 rings (SSSR count). The number of benzene rings is 1. The summed E-state index contributed by atoms with van der Waals surface area (Å²) in [7, 11) is 0. The van der Waals surface area contributed by atoms with E-state index in [0.717, 1.165) is 6.42 Å². The third kappa shape index (κ3) is 3.11. The molecule has 1 aliphatic rings. The standard InChI is InChI=1S/C16H17F2N2O4/c1-2-9(4-3-5-21)19-15-11-8-10(16-22-6-7-23-16)12(17)13(18)14(11)24-20-15/h8-9,16H,2-4,6-7H2,1H3,(H,19,20)/t9-/m0/s1. The Hall–Kier alpha value is -2.06. The molecule has 24 heavy (non-hydrogen) atoms. The number of hydrogen-bond acceptors (Lipinski definition) is 6. The number of anilines is 1. The number of rotatable bonds is 7. The summed E-state index contributed by atoms with van der Waals surface area (Å²) in [4.78, 5) is 10.4. The second kappa shape index (κ2) is 7.23. The second-order valence-electron chi connectivity index (χ2n) is 5.51. The summed E-state index contributed by atoms with van der Waals surface area (Å²) in [5.74, 6) is -1.91. The van der Waals surface area contributed by atoms with Crippen LogP contribution in [0.3, 0.4) is 0 Å². The fraction of sp³-hybridized carbons (Fsp3) is 0.500. The van der Waals surface area contributed by atoms with Gasteiger partial charge >= 0.3 is 0 Å². The van der Waals surface area contributed by atoms with Gasteiger partial charge in [0.1, 0.15) is 0 Å². The van der Waals surface area contributed by atoms with Gasteiger partial charge < -0.3 is 19.3 Å². The zero-order chi connectivity index (χ0) is 17.1. The zero-order valence-corrected chi connectivity index (χ0v) is 13.1. The van der Waals surface area contributed by atoms with Crippen molar-refractivity contribution in [2.75, 3.05) is 18.5 Å². The van der Waals surface area contributed by atoms with Gasteiger partial charge in [0.15, 0.2) is 24.2 Å². The number of hydrogen-bond donors (Lipinski definition) is 1. The van der Waals surface area contributed by atoms with Gasteiger partial charge in [-0.25, -0.2) is 4.39 Å². The quantitative estimate of drug-likeness (QED) is 0.835. The van der Waals surface area contributed by atoms with Crippen LogP contribution in [0, 0.1) is 11.6 Å². The van der Waals surface area contributed by atoms with E-state index in [1.807, 2.05) is 13.2 Å². The summed E-state index contributed by atoms with van der Waals surface area (Å²) in [6, 6.07) is 1.36. The molecule has 2 heterocycles. The summed E-state index contributed by atoms with van der Waals surface area (Å²) in [5.41, 5.74) is -0.299. The molecule has 1 atom stereocenters. The number of halogens is 2. The van der Waals surface area contributed by atoms with Crippen molar-refractivity contribution in [1.82, 2.24) is 5.16 Å². The van der Waals surface area contributed by atoms with E-state index in [1.165, 1.54) is 6.07 Å². The molecule has 1 fully saturated rings. The molecule has 6 nitrogen and oxygen atoms in total. The van der Waals surface area contributed by atoms with Gasteiger partial charge in [0, 0.05) is 18.0 Å². The van der Waals surface area contributed by atoms with Gasteiger partial charge in [-0.2, -0.15) is 4.39 Å². The Kier molecular flexibility index (Phi) is 5.06. The Bertz CT molecular complexity index is 728. The smallest absolute Gasteiger partial charge is 0.207 e. The van der Waals surface area contributed by atoms with E-state index in [0.29, 0.717) is 30.8 Å². The van der Waals surface area contributed by atoms with Gasteiger partial charge in [-0.05, 0) is 18.9 Å². The van der Waals surface area contributed by atoms with Crippen LogP contribution in [0.1, 0.15) is 38.0 Å². The van der Waals surface area contributed by atoms with Crippen LogP contribution in [-0.2, 0) is 14.3 Å². The van der Waals surface area contributed by atoms with Crippen LogP contribution in [0.4, 0.5) is 14.6 Å². The molecule has 8 heteroatoms. The van der Waals surface area contributed by atoms with Crippen molar-refractivity contribution < 1.29 is 27.6 Å². The first-order chi connectivity index (χ1) is 11.7. The molecule has 1 saturated heterocycles. The lowest BCUT2D eigenvalue weighted by atomic mass is 10.1. The van der Waals surface area contributed by atoms with Crippen molar-refractivity contribution in [3.05, 3.63) is 23.3 Å². The number of ether oxygens (including phenoxy) is 2. The molecule has 1 radical (unpaired) electrons. The second-order valence-corrected chi connectivity index (χ2v) is 5.51. The van der Waals surface area contributed by atoms with Crippen LogP contribution < -0.4 is 5.32 Å². The van der Waals surface area contributed by atoms with E-state index in [-0.39, 0.29) is 23.6 Å². The summed E-state index contributed by atoms with van der Waals surface area (Å²) in [6.07, 6.45) is 2.45. The number of nitrogens with one attached hydrogen (secondary N) is 1. The lowest BCUT2D eigenvalue weighted by molar-refractivity contribution is -0.0467. The Morgan fingerprint density at radius 1 is 1.38 bits per heavy atom. The lowest BCUT2D eigenvalue weighted by Crippen LogP contribution is -2.18. The molecule has 0 bridgehead atoms. The first-order valence-corrected chi connectivity index (χ1v) is 7.77. The summed E-state index contributed by atoms with van der Waals surface area (Å²) < 4.78 is 43.9. The van der Waals surface area contributed by atoms with E-state index in [9.17, 15) is 13.6 Å². The highest BCUT2D eigenvalue weighted by molar-refractivity contribution is 5.89. The molecule has 129 valence electrons. The first-order valence-electron chi connectivity index (χ1n) is 7.77. The molecular formula is C16H17F2N2O4. The van der Waals surface area contributed by atoms with Crippen LogP contribution in [0.15, 0.2) is 10.6 Å². The Labute approximate surface area is 137 Å². The average molecular weight is 339 g/mol. The van der Waals surface area contributed by atoms with E-state index in [4.69, 9.17) is 14.0 Å². The van der Waals surface area contributed by atoms with Crippen LogP contribution >= 0.6 is 0 Å². The molecule has 2 aromatic rings. The number of carbonyl (C=O) groups excluding carboxylic acids is 1. The number of nitrogens with zero attached hydrogens (tertiary/aromatic N) is 1. The Balaban J connectivity index is 1.96. The molecule has 1 aromatic heterocycles. The van der Waals surface area contributed by atoms with Crippen molar-refractivity contribution in [2.24, 2.45) is 0 Å². The maximum absolute atomic E-state index is 14.2. The molecule has 0 unspecified atom stereocenters. The van der Waals surface area contributed by atoms with Crippen LogP contribution in [0.25, 0.3) is 11.0 Å². The minimum Gasteiger partial charge on any atom is -0.364 e. The zero-order valence-electron chi connectivity index (χ0n) is 13.1. The first kappa shape index (κ1) is 16.8. The molecule has 0 amide bonds. The van der Waals surface area contributed by atoms with E-state index in [2.05, 4.69) is 10.5 Å². The van der Waals surface area contributed by atoms with Gasteiger partial charge in [-0.3, -0.25) is 4.79 Å². The molecule has 0 saturated carbocycles. The van der Waals surface area contributed by atoms with Crippen LogP contribution in [-0.4, -0.2) is 30.7 Å². The highest BCUT2D eigenvalue weighted by Crippen LogP contribution is 2.34. The van der Waals surface area contributed by atoms with E-state index in [1.54, 1.807) is 0 Å². The summed E-state index contributed by atoms with van der Waals surface area (Å²) in [6.45, 7) is 2.58. The SMILES string of the molecule is CC[C@@H](CC[C]=O)Nc1noc2c(F)c(F)c(C3OCCO3)cc12. The largest absolute Gasteiger partial charge is 0.364 e. The summed E-state index contributed by atoms with van der Waals surface area (Å²) >= 11 is 0. The monoisotopic (exact) mass is 339 g/mol. The maximum atomic E-state index is 14.2. The number of fused-ring (bicyclic) bond motifs is 1. The normalized spacial score (nSPS) is 16.6. The topological polar surface area (TPSA) is 73.6 Å². The van der Waals surface area contributed by atoms with Gasteiger partial charge in [0.05, 0.1) is 18.6 Å². The van der Waals surface area contributed by atoms with E-state index < -0.39 is 17.9 Å². The molecule has 1 aromatic carbocycles. The fourth-order valence-corrected chi connectivity index (χ4v) is 2.65. The van der Waals surface area contributed by atoms with Crippen molar-refractivity contribution >= 4 is 23.1 Å². The summed E-state index contributed by atoms with van der Waals surface area (Å²) in [5, 5.41) is 7.19. The molecule has 1 aliphatic heterocycles. The highest BCUT2D eigenvalue weighted by atomic mass is 19.2. The van der Waals surface area contributed by atoms with Crippen molar-refractivity contribution in [3.63, 3.8) is 0 Å². The molecule has 1 N–H and O–H groups in total. The maximum Gasteiger partial charge on any atom is 0.207 e. The predicted molar refractivity (Wildman–Crippen MR) is 81.2 cm³/mol. The van der Waals surface area contributed by atoms with Crippen LogP contribution in [0.5, 0.6) is 0 Å². The predicted octanol–water partition coefficient (Wildman–Crippen LogP) is 3.23. The van der Waals surface area contributed by atoms with Gasteiger partial charge in [-0.15, -0.1) is 0 Å². The molecule has 0 aliphatic carbocycles. The molecule has 0 spiro atoms. The molecular weight excluding hydrogens is 322 g/mol. The van der Waals surface area contributed by atoms with Gasteiger partial charge in [-0.1, -0.05) is 12.1 Å². The highest BCUT2D eigenvalue weighted by Gasteiger charge is 2.28. The minimum atomic E-state index is -1.13. The van der Waals surface area contributed by atoms with Crippen molar-refractivity contribution in [1.29, 1.82) is 0 Å². The third-order valence-electron chi connectivity index (χ3n) is 3.98. The van der Waals surface area contributed by atoms with Crippen molar-refractivity contribution in [3.8, 4) is 0 Å². The Morgan fingerprint density at radius 2 is 2.12 bits per heavy atom. The fourth-order valence-electron chi connectivity index (χ4n) is 2.65. The van der Waals surface area contributed by atoms with Gasteiger partial charge in [0.25, 0.3) is 0 Å².